The minimum absolute atomic E-state index is 0.613. The van der Waals surface area contributed by atoms with Gasteiger partial charge in [0.05, 0.1) is 94.6 Å². The maximum absolute atomic E-state index is 5.79. The van der Waals surface area contributed by atoms with E-state index in [9.17, 15) is 0 Å². The molecular formula is C31H68N2O4+2. The van der Waals surface area contributed by atoms with E-state index < -0.39 is 0 Å². The summed E-state index contributed by atoms with van der Waals surface area (Å²) in [5.74, 6) is 0. The number of hydrogen-bond acceptors (Lipinski definition) is 4. The van der Waals surface area contributed by atoms with E-state index in [2.05, 4.69) is 42.2 Å². The van der Waals surface area contributed by atoms with E-state index in [0.717, 1.165) is 35.3 Å². The fourth-order valence-corrected chi connectivity index (χ4v) is 4.26. The lowest BCUT2D eigenvalue weighted by molar-refractivity contribution is -0.891. The van der Waals surface area contributed by atoms with Crippen molar-refractivity contribution in [2.24, 2.45) is 0 Å². The SMILES string of the molecule is CCCCCCCCCCCCCCCC[N+](C)(C)CCOCCOCCOCCOCC[N+](C)(C)C. The Morgan fingerprint density at radius 2 is 0.676 bits per heavy atom. The number of nitrogens with zero attached hydrogens (tertiary/aromatic N) is 2. The quantitative estimate of drug-likeness (QED) is 0.0802. The summed E-state index contributed by atoms with van der Waals surface area (Å²) in [7, 11) is 11.2. The minimum atomic E-state index is 0.613. The molecule has 37 heavy (non-hydrogen) atoms. The maximum Gasteiger partial charge on any atom is 0.102 e. The van der Waals surface area contributed by atoms with Gasteiger partial charge < -0.3 is 27.9 Å². The average molecular weight is 533 g/mol. The van der Waals surface area contributed by atoms with Crippen molar-refractivity contribution in [3.63, 3.8) is 0 Å². The van der Waals surface area contributed by atoms with Gasteiger partial charge in [0.2, 0.25) is 0 Å². The van der Waals surface area contributed by atoms with Crippen molar-refractivity contribution in [1.29, 1.82) is 0 Å². The predicted molar refractivity (Wildman–Crippen MR) is 158 cm³/mol. The molecule has 0 rings (SSSR count). The molecule has 0 amide bonds. The van der Waals surface area contributed by atoms with Gasteiger partial charge in [-0.1, -0.05) is 84.0 Å². The van der Waals surface area contributed by atoms with Gasteiger partial charge in [-0.2, -0.15) is 0 Å². The summed E-state index contributed by atoms with van der Waals surface area (Å²) < 4.78 is 24.5. The lowest BCUT2D eigenvalue weighted by atomic mass is 10.0. The number of rotatable bonds is 30. The fraction of sp³-hybridized carbons (Fsp3) is 1.00. The molecule has 0 saturated heterocycles. The third kappa shape index (κ3) is 31.9. The lowest BCUT2D eigenvalue weighted by Crippen LogP contribution is -2.43. The third-order valence-corrected chi connectivity index (χ3v) is 6.98. The Morgan fingerprint density at radius 1 is 0.351 bits per heavy atom. The summed E-state index contributed by atoms with van der Waals surface area (Å²) in [6.45, 7) is 11.0. The van der Waals surface area contributed by atoms with Crippen LogP contribution in [0.3, 0.4) is 0 Å². The molecule has 6 heteroatoms. The van der Waals surface area contributed by atoms with Gasteiger partial charge in [-0.3, -0.25) is 0 Å². The van der Waals surface area contributed by atoms with Crippen molar-refractivity contribution in [2.75, 3.05) is 108 Å². The highest BCUT2D eigenvalue weighted by molar-refractivity contribution is 4.49. The molecule has 6 nitrogen and oxygen atoms in total. The van der Waals surface area contributed by atoms with Crippen LogP contribution >= 0.6 is 0 Å². The maximum atomic E-state index is 5.79. The highest BCUT2D eigenvalue weighted by atomic mass is 16.6. The third-order valence-electron chi connectivity index (χ3n) is 6.98. The Balaban J connectivity index is 3.30. The van der Waals surface area contributed by atoms with Crippen LogP contribution in [-0.2, 0) is 18.9 Å². The van der Waals surface area contributed by atoms with E-state index in [0.29, 0.717) is 39.6 Å². The summed E-state index contributed by atoms with van der Waals surface area (Å²) >= 11 is 0. The van der Waals surface area contributed by atoms with Crippen molar-refractivity contribution in [1.82, 2.24) is 0 Å². The summed E-state index contributed by atoms with van der Waals surface area (Å²) in [5, 5.41) is 0. The first-order valence-electron chi connectivity index (χ1n) is 15.7. The van der Waals surface area contributed by atoms with E-state index in [1.165, 1.54) is 96.4 Å². The zero-order valence-corrected chi connectivity index (χ0v) is 26.2. The molecular weight excluding hydrogens is 464 g/mol. The lowest BCUT2D eigenvalue weighted by Gasteiger charge is -2.29. The molecule has 224 valence electrons. The van der Waals surface area contributed by atoms with Crippen LogP contribution in [0.4, 0.5) is 0 Å². The Bertz CT molecular complexity index is 455. The normalized spacial score (nSPS) is 12.5. The summed E-state index contributed by atoms with van der Waals surface area (Å²) in [4.78, 5) is 0. The molecule has 0 aromatic carbocycles. The second-order valence-corrected chi connectivity index (χ2v) is 12.4. The Kier molecular flexibility index (Phi) is 25.8. The van der Waals surface area contributed by atoms with Crippen LogP contribution in [0.25, 0.3) is 0 Å². The van der Waals surface area contributed by atoms with Gasteiger partial charge in [0, 0.05) is 0 Å². The van der Waals surface area contributed by atoms with Gasteiger partial charge in [-0.05, 0) is 12.8 Å². The highest BCUT2D eigenvalue weighted by Crippen LogP contribution is 2.13. The van der Waals surface area contributed by atoms with E-state index in [1.54, 1.807) is 0 Å². The molecule has 0 fully saturated rings. The molecule has 0 unspecified atom stereocenters. The van der Waals surface area contributed by atoms with E-state index in [-0.39, 0.29) is 0 Å². The second kappa shape index (κ2) is 26.0. The first-order valence-corrected chi connectivity index (χ1v) is 15.7. The summed E-state index contributed by atoms with van der Waals surface area (Å²) in [6.07, 6.45) is 19.9. The van der Waals surface area contributed by atoms with Crippen LogP contribution in [0.2, 0.25) is 0 Å². The molecule has 0 heterocycles. The van der Waals surface area contributed by atoms with Crippen LogP contribution in [-0.4, -0.2) is 117 Å². The fourth-order valence-electron chi connectivity index (χ4n) is 4.26. The van der Waals surface area contributed by atoms with Gasteiger partial charge in [0.15, 0.2) is 0 Å². The minimum Gasteiger partial charge on any atom is -0.377 e. The van der Waals surface area contributed by atoms with Gasteiger partial charge in [-0.15, -0.1) is 0 Å². The molecule has 0 aliphatic rings. The molecule has 0 N–H and O–H groups in total. The molecule has 0 aliphatic carbocycles. The first-order chi connectivity index (χ1) is 17.8. The van der Waals surface area contributed by atoms with Crippen molar-refractivity contribution in [3.8, 4) is 0 Å². The average Bonchev–Trinajstić information content (AvgIpc) is 2.83. The van der Waals surface area contributed by atoms with Gasteiger partial charge >= 0.3 is 0 Å². The standard InChI is InChI=1S/C31H68N2O4/c1-7-8-9-10-11-12-13-14-15-16-17-18-19-20-21-33(5,6)23-25-35-27-29-37-31-30-36-28-26-34-24-22-32(2,3)4/h7-31H2,1-6H3/q+2. The van der Waals surface area contributed by atoms with Crippen molar-refractivity contribution in [3.05, 3.63) is 0 Å². The Labute approximate surface area is 232 Å². The molecule has 0 atom stereocenters. The van der Waals surface area contributed by atoms with E-state index >= 15 is 0 Å². The number of quaternary nitrogens is 2. The van der Waals surface area contributed by atoms with Gasteiger partial charge in [0.25, 0.3) is 0 Å². The smallest absolute Gasteiger partial charge is 0.102 e. The summed E-state index contributed by atoms with van der Waals surface area (Å²) in [6, 6.07) is 0. The van der Waals surface area contributed by atoms with Crippen molar-refractivity contribution >= 4 is 0 Å². The van der Waals surface area contributed by atoms with Crippen molar-refractivity contribution in [2.45, 2.75) is 96.8 Å². The second-order valence-electron chi connectivity index (χ2n) is 12.4. The number of hydrogen-bond donors (Lipinski definition) is 0. The van der Waals surface area contributed by atoms with Gasteiger partial charge in [0.1, 0.15) is 13.1 Å². The van der Waals surface area contributed by atoms with Crippen LogP contribution in [0.5, 0.6) is 0 Å². The predicted octanol–water partition coefficient (Wildman–Crippen LogP) is 6.32. The topological polar surface area (TPSA) is 36.9 Å². The molecule has 0 radical (unpaired) electrons. The highest BCUT2D eigenvalue weighted by Gasteiger charge is 2.14. The Hall–Kier alpha value is -0.240. The number of ether oxygens (including phenoxy) is 4. The van der Waals surface area contributed by atoms with Crippen molar-refractivity contribution < 1.29 is 27.9 Å². The van der Waals surface area contributed by atoms with Crippen LogP contribution in [0.1, 0.15) is 96.8 Å². The van der Waals surface area contributed by atoms with Crippen LogP contribution < -0.4 is 0 Å². The molecule has 0 saturated carbocycles. The van der Waals surface area contributed by atoms with E-state index in [1.807, 2.05) is 0 Å². The molecule has 0 aromatic rings. The monoisotopic (exact) mass is 533 g/mol. The molecule has 0 spiro atoms. The molecule has 0 aliphatic heterocycles. The zero-order valence-electron chi connectivity index (χ0n) is 26.2. The molecule has 0 aromatic heterocycles. The Morgan fingerprint density at radius 3 is 1.05 bits per heavy atom. The van der Waals surface area contributed by atoms with Gasteiger partial charge in [-0.25, -0.2) is 0 Å². The number of unbranched alkanes of at least 4 members (excludes halogenated alkanes) is 13. The molecule has 0 bridgehead atoms. The van der Waals surface area contributed by atoms with Crippen LogP contribution in [0.15, 0.2) is 0 Å². The first kappa shape index (κ1) is 36.8. The number of likely N-dealkylation sites (N-methyl/N-ethyl adjacent to an activating group) is 2. The summed E-state index contributed by atoms with van der Waals surface area (Å²) in [5.41, 5.74) is 0. The van der Waals surface area contributed by atoms with E-state index in [4.69, 9.17) is 18.9 Å². The zero-order chi connectivity index (χ0) is 27.5. The van der Waals surface area contributed by atoms with Crippen LogP contribution in [0, 0.1) is 0 Å². The largest absolute Gasteiger partial charge is 0.377 e.